The van der Waals surface area contributed by atoms with E-state index in [1.807, 2.05) is 13.8 Å². The van der Waals surface area contributed by atoms with Crippen LogP contribution in [-0.2, 0) is 14.8 Å². The molecular formula is C15H20Cl2N2O3S. The average molecular weight is 379 g/mol. The quantitative estimate of drug-likeness (QED) is 0.706. The van der Waals surface area contributed by atoms with E-state index in [4.69, 9.17) is 23.2 Å². The molecular weight excluding hydrogens is 359 g/mol. The van der Waals surface area contributed by atoms with Crippen molar-refractivity contribution in [3.63, 3.8) is 0 Å². The molecule has 0 aliphatic heterocycles. The van der Waals surface area contributed by atoms with E-state index in [-0.39, 0.29) is 40.0 Å². The van der Waals surface area contributed by atoms with Crippen molar-refractivity contribution < 1.29 is 13.2 Å². The zero-order valence-electron chi connectivity index (χ0n) is 13.1. The summed E-state index contributed by atoms with van der Waals surface area (Å²) in [6.45, 7) is 7.04. The van der Waals surface area contributed by atoms with Crippen LogP contribution in [0, 0.1) is 0 Å². The summed E-state index contributed by atoms with van der Waals surface area (Å²) in [7, 11) is -3.88. The zero-order chi connectivity index (χ0) is 17.6. The molecule has 0 aliphatic rings. The van der Waals surface area contributed by atoms with Crippen molar-refractivity contribution in [2.45, 2.75) is 31.2 Å². The predicted octanol–water partition coefficient (Wildman–Crippen LogP) is 3.08. The maximum atomic E-state index is 12.7. The summed E-state index contributed by atoms with van der Waals surface area (Å²) >= 11 is 11.7. The third-order valence-electron chi connectivity index (χ3n) is 3.20. The van der Waals surface area contributed by atoms with Crippen molar-refractivity contribution in [2.24, 2.45) is 0 Å². The number of nitrogens with one attached hydrogen (secondary N) is 1. The van der Waals surface area contributed by atoms with Gasteiger partial charge in [-0.2, -0.15) is 4.31 Å². The van der Waals surface area contributed by atoms with Gasteiger partial charge >= 0.3 is 0 Å². The molecule has 1 N–H and O–H groups in total. The number of nitrogens with zero attached hydrogens (tertiary/aromatic N) is 1. The maximum Gasteiger partial charge on any atom is 0.243 e. The first-order valence-corrected chi connectivity index (χ1v) is 9.27. The van der Waals surface area contributed by atoms with Gasteiger partial charge in [-0.1, -0.05) is 36.2 Å². The fourth-order valence-electron chi connectivity index (χ4n) is 1.76. The van der Waals surface area contributed by atoms with Crippen LogP contribution in [0.5, 0.6) is 0 Å². The van der Waals surface area contributed by atoms with E-state index < -0.39 is 10.0 Å². The van der Waals surface area contributed by atoms with Crippen LogP contribution < -0.4 is 5.32 Å². The Bertz CT molecular complexity index is 677. The van der Waals surface area contributed by atoms with E-state index in [0.717, 1.165) is 10.7 Å². The van der Waals surface area contributed by atoms with Crippen molar-refractivity contribution in [3.05, 3.63) is 40.9 Å². The smallest absolute Gasteiger partial charge is 0.243 e. The van der Waals surface area contributed by atoms with Crippen LogP contribution in [0.25, 0.3) is 0 Å². The molecule has 0 aromatic heterocycles. The normalized spacial score (nSPS) is 12.9. The van der Waals surface area contributed by atoms with Gasteiger partial charge in [0.15, 0.2) is 0 Å². The summed E-state index contributed by atoms with van der Waals surface area (Å²) in [5.41, 5.74) is 0. The molecule has 5 nitrogen and oxygen atoms in total. The van der Waals surface area contributed by atoms with Crippen LogP contribution in [-0.4, -0.2) is 37.8 Å². The van der Waals surface area contributed by atoms with Crippen molar-refractivity contribution in [2.75, 3.05) is 13.1 Å². The molecule has 0 aliphatic carbocycles. The average Bonchev–Trinajstić information content (AvgIpc) is 2.49. The van der Waals surface area contributed by atoms with E-state index in [9.17, 15) is 13.2 Å². The second-order valence-electron chi connectivity index (χ2n) is 5.04. The van der Waals surface area contributed by atoms with Gasteiger partial charge in [-0.15, -0.1) is 6.58 Å². The Balaban J connectivity index is 3.04. The summed E-state index contributed by atoms with van der Waals surface area (Å²) in [5.74, 6) is -0.371. The first-order valence-electron chi connectivity index (χ1n) is 7.07. The molecule has 0 saturated carbocycles. The maximum absolute atomic E-state index is 12.7. The van der Waals surface area contributed by atoms with E-state index in [2.05, 4.69) is 11.9 Å². The van der Waals surface area contributed by atoms with Gasteiger partial charge in [0.05, 0.1) is 21.5 Å². The number of hydrogen-bond donors (Lipinski definition) is 1. The van der Waals surface area contributed by atoms with Gasteiger partial charge in [-0.25, -0.2) is 8.42 Å². The summed E-state index contributed by atoms with van der Waals surface area (Å²) in [5, 5.41) is 3.13. The summed E-state index contributed by atoms with van der Waals surface area (Å²) < 4.78 is 26.4. The highest BCUT2D eigenvalue weighted by atomic mass is 35.5. The summed E-state index contributed by atoms with van der Waals surface area (Å²) in [6.07, 6.45) is 2.18. The molecule has 0 bridgehead atoms. The largest absolute Gasteiger partial charge is 0.353 e. The van der Waals surface area contributed by atoms with Crippen LogP contribution >= 0.6 is 23.2 Å². The molecule has 1 aromatic carbocycles. The van der Waals surface area contributed by atoms with Crippen molar-refractivity contribution >= 4 is 39.1 Å². The van der Waals surface area contributed by atoms with Gasteiger partial charge in [0.2, 0.25) is 15.9 Å². The second kappa shape index (κ2) is 8.68. The Morgan fingerprint density at radius 3 is 2.57 bits per heavy atom. The lowest BCUT2D eigenvalue weighted by atomic mass is 10.2. The standard InChI is InChI=1S/C15H20Cl2N2O3S/c1-4-8-19(10-15(20)18-11(3)5-2)23(21,22)12-6-7-13(16)14(17)9-12/h4,6-7,9,11H,1,5,8,10H2,2-3H3,(H,18,20)/t11-/m0/s1. The highest BCUT2D eigenvalue weighted by Gasteiger charge is 2.26. The predicted molar refractivity (Wildman–Crippen MR) is 93.3 cm³/mol. The molecule has 0 heterocycles. The first-order chi connectivity index (χ1) is 10.7. The Morgan fingerprint density at radius 1 is 1.39 bits per heavy atom. The highest BCUT2D eigenvalue weighted by Crippen LogP contribution is 2.26. The van der Waals surface area contributed by atoms with E-state index in [1.165, 1.54) is 24.3 Å². The first kappa shape index (κ1) is 20.0. The number of benzene rings is 1. The fraction of sp³-hybridized carbons (Fsp3) is 0.400. The molecule has 8 heteroatoms. The number of amides is 1. The number of carbonyl (C=O) groups excluding carboxylic acids is 1. The monoisotopic (exact) mass is 378 g/mol. The molecule has 1 amide bonds. The SMILES string of the molecule is C=CCN(CC(=O)N[C@@H](C)CC)S(=O)(=O)c1ccc(Cl)c(Cl)c1. The van der Waals surface area contributed by atoms with Crippen LogP contribution in [0.15, 0.2) is 35.7 Å². The van der Waals surface area contributed by atoms with Gasteiger partial charge in [0, 0.05) is 12.6 Å². The molecule has 0 fully saturated rings. The second-order valence-corrected chi connectivity index (χ2v) is 7.79. The van der Waals surface area contributed by atoms with Crippen LogP contribution in [0.1, 0.15) is 20.3 Å². The molecule has 128 valence electrons. The van der Waals surface area contributed by atoms with Crippen LogP contribution in [0.3, 0.4) is 0 Å². The fourth-order valence-corrected chi connectivity index (χ4v) is 3.52. The van der Waals surface area contributed by atoms with Crippen LogP contribution in [0.2, 0.25) is 10.0 Å². The Kier molecular flexibility index (Phi) is 7.54. The number of hydrogen-bond acceptors (Lipinski definition) is 3. The number of halogens is 2. The van der Waals surface area contributed by atoms with Gasteiger partial charge in [-0.05, 0) is 31.5 Å². The third-order valence-corrected chi connectivity index (χ3v) is 5.75. The van der Waals surface area contributed by atoms with E-state index in [0.29, 0.717) is 0 Å². The van der Waals surface area contributed by atoms with E-state index in [1.54, 1.807) is 0 Å². The van der Waals surface area contributed by atoms with Crippen molar-refractivity contribution in [1.29, 1.82) is 0 Å². The lowest BCUT2D eigenvalue weighted by Crippen LogP contribution is -2.43. The third kappa shape index (κ3) is 5.49. The van der Waals surface area contributed by atoms with Gasteiger partial charge < -0.3 is 5.32 Å². The minimum atomic E-state index is -3.88. The Hall–Kier alpha value is -1.08. The number of sulfonamides is 1. The van der Waals surface area contributed by atoms with Gasteiger partial charge in [0.25, 0.3) is 0 Å². The lowest BCUT2D eigenvalue weighted by Gasteiger charge is -2.21. The molecule has 1 atom stereocenters. The van der Waals surface area contributed by atoms with E-state index >= 15 is 0 Å². The Morgan fingerprint density at radius 2 is 2.04 bits per heavy atom. The lowest BCUT2D eigenvalue weighted by molar-refractivity contribution is -0.121. The summed E-state index contributed by atoms with van der Waals surface area (Å²) in [4.78, 5) is 12.0. The highest BCUT2D eigenvalue weighted by molar-refractivity contribution is 7.89. The van der Waals surface area contributed by atoms with Gasteiger partial charge in [0.1, 0.15) is 0 Å². The molecule has 1 aromatic rings. The number of rotatable bonds is 8. The molecule has 0 spiro atoms. The van der Waals surface area contributed by atoms with Gasteiger partial charge in [-0.3, -0.25) is 4.79 Å². The molecule has 23 heavy (non-hydrogen) atoms. The minimum Gasteiger partial charge on any atom is -0.353 e. The molecule has 0 unspecified atom stereocenters. The topological polar surface area (TPSA) is 66.5 Å². The molecule has 0 radical (unpaired) electrons. The molecule has 1 rings (SSSR count). The number of carbonyl (C=O) groups is 1. The minimum absolute atomic E-state index is 0.0104. The Labute approximate surface area is 147 Å². The van der Waals surface area contributed by atoms with Crippen LogP contribution in [0.4, 0.5) is 0 Å². The van der Waals surface area contributed by atoms with Crippen molar-refractivity contribution in [1.82, 2.24) is 9.62 Å². The van der Waals surface area contributed by atoms with Crippen molar-refractivity contribution in [3.8, 4) is 0 Å². The summed E-state index contributed by atoms with van der Waals surface area (Å²) in [6, 6.07) is 4.00. The zero-order valence-corrected chi connectivity index (χ0v) is 15.4. The molecule has 0 saturated heterocycles.